The van der Waals surface area contributed by atoms with Crippen molar-refractivity contribution in [3.05, 3.63) is 64.2 Å². The van der Waals surface area contributed by atoms with Crippen LogP contribution in [0, 0.1) is 25.2 Å². The number of halogens is 1. The number of anilines is 1. The molecule has 0 fully saturated rings. The first-order chi connectivity index (χ1) is 18.7. The monoisotopic (exact) mass is 567 g/mol. The second-order valence-electron chi connectivity index (χ2n) is 11.4. The number of aryl methyl sites for hydroxylation is 1. The molecule has 0 aliphatic carbocycles. The molecule has 2 aromatic rings. The van der Waals surface area contributed by atoms with Crippen LogP contribution in [0.25, 0.3) is 0 Å². The molecule has 3 atom stereocenters. The molecule has 0 aromatic heterocycles. The van der Waals surface area contributed by atoms with Gasteiger partial charge in [0, 0.05) is 11.6 Å². The molecule has 0 spiro atoms. The molecule has 2 N–H and O–H groups in total. The summed E-state index contributed by atoms with van der Waals surface area (Å²) in [6.45, 7) is 14.8. The van der Waals surface area contributed by atoms with E-state index in [2.05, 4.69) is 16.6 Å². The zero-order chi connectivity index (χ0) is 30.2. The quantitative estimate of drug-likeness (QED) is 0.306. The summed E-state index contributed by atoms with van der Waals surface area (Å²) in [5.41, 5.74) is 1.48. The number of carbonyl (C=O) groups excluding carboxylic acids is 3. The third kappa shape index (κ3) is 8.76. The van der Waals surface area contributed by atoms with E-state index in [4.69, 9.17) is 22.8 Å². The maximum atomic E-state index is 14.4. The number of rotatable bonds is 10. The Morgan fingerprint density at radius 1 is 1.07 bits per heavy atom. The fourth-order valence-corrected chi connectivity index (χ4v) is 4.65. The average molecular weight is 568 g/mol. The number of terminal acetylenes is 1. The van der Waals surface area contributed by atoms with Gasteiger partial charge < -0.3 is 20.3 Å². The Labute approximate surface area is 244 Å². The van der Waals surface area contributed by atoms with Crippen LogP contribution in [0.4, 0.5) is 10.5 Å². The number of carbonyl (C=O) groups is 3. The summed E-state index contributed by atoms with van der Waals surface area (Å²) in [6.07, 6.45) is 6.05. The minimum Gasteiger partial charge on any atom is -0.444 e. The molecule has 7 nitrogen and oxygen atoms in total. The molecule has 2 rings (SSSR count). The van der Waals surface area contributed by atoms with Crippen LogP contribution in [0.15, 0.2) is 42.5 Å². The van der Waals surface area contributed by atoms with Crippen molar-refractivity contribution < 1.29 is 19.1 Å². The van der Waals surface area contributed by atoms with Crippen LogP contribution in [-0.2, 0) is 14.3 Å². The maximum absolute atomic E-state index is 14.4. The molecule has 0 heterocycles. The van der Waals surface area contributed by atoms with Gasteiger partial charge in [0.05, 0.1) is 10.7 Å². The smallest absolute Gasteiger partial charge is 0.408 e. The van der Waals surface area contributed by atoms with Crippen LogP contribution in [-0.4, -0.2) is 40.5 Å². The molecule has 0 aliphatic rings. The normalized spacial score (nSPS) is 13.5. The molecule has 3 amide bonds. The highest BCUT2D eigenvalue weighted by Crippen LogP contribution is 2.32. The van der Waals surface area contributed by atoms with Gasteiger partial charge in [0.1, 0.15) is 17.7 Å². The van der Waals surface area contributed by atoms with E-state index in [9.17, 15) is 14.4 Å². The molecule has 216 valence electrons. The Balaban J connectivity index is 2.68. The largest absolute Gasteiger partial charge is 0.444 e. The van der Waals surface area contributed by atoms with E-state index in [1.165, 1.54) is 4.90 Å². The van der Waals surface area contributed by atoms with Gasteiger partial charge in [0.25, 0.3) is 5.91 Å². The SMILES string of the molecule is C#Cc1ccccc1C(C(=O)Nc1c(C)cccc1Cl)N(C(=O)C(CC(C)C)NC(=O)OC(C)(C)C)C(C)CC. The number of hydrogen-bond acceptors (Lipinski definition) is 4. The first-order valence-electron chi connectivity index (χ1n) is 13.6. The Bertz CT molecular complexity index is 1230. The minimum atomic E-state index is -1.10. The highest BCUT2D eigenvalue weighted by atomic mass is 35.5. The van der Waals surface area contributed by atoms with Crippen molar-refractivity contribution in [2.75, 3.05) is 5.32 Å². The summed E-state index contributed by atoms with van der Waals surface area (Å²) >= 11 is 6.44. The number of amides is 3. The molecular formula is C32H42ClN3O4. The van der Waals surface area contributed by atoms with E-state index in [-0.39, 0.29) is 12.0 Å². The number of benzene rings is 2. The van der Waals surface area contributed by atoms with Gasteiger partial charge in [-0.1, -0.05) is 68.6 Å². The van der Waals surface area contributed by atoms with Crippen molar-refractivity contribution in [2.45, 2.75) is 92.0 Å². The molecule has 8 heteroatoms. The van der Waals surface area contributed by atoms with E-state index < -0.39 is 35.6 Å². The van der Waals surface area contributed by atoms with E-state index in [1.807, 2.05) is 40.7 Å². The van der Waals surface area contributed by atoms with Crippen LogP contribution >= 0.6 is 11.6 Å². The highest BCUT2D eigenvalue weighted by Gasteiger charge is 2.39. The van der Waals surface area contributed by atoms with Crippen LogP contribution in [0.2, 0.25) is 5.02 Å². The van der Waals surface area contributed by atoms with E-state index >= 15 is 0 Å². The number of ether oxygens (including phenoxy) is 1. The Morgan fingerprint density at radius 3 is 2.27 bits per heavy atom. The Morgan fingerprint density at radius 2 is 1.73 bits per heavy atom. The van der Waals surface area contributed by atoms with E-state index in [0.29, 0.717) is 34.7 Å². The summed E-state index contributed by atoms with van der Waals surface area (Å²) < 4.78 is 5.46. The second-order valence-corrected chi connectivity index (χ2v) is 11.8. The lowest BCUT2D eigenvalue weighted by molar-refractivity contribution is -0.143. The van der Waals surface area contributed by atoms with E-state index in [1.54, 1.807) is 57.2 Å². The lowest BCUT2D eigenvalue weighted by Crippen LogP contribution is -2.55. The van der Waals surface area contributed by atoms with Gasteiger partial charge in [-0.3, -0.25) is 9.59 Å². The fourth-order valence-electron chi connectivity index (χ4n) is 4.38. The third-order valence-electron chi connectivity index (χ3n) is 6.42. The number of nitrogens with one attached hydrogen (secondary N) is 2. The lowest BCUT2D eigenvalue weighted by Gasteiger charge is -2.39. The highest BCUT2D eigenvalue weighted by molar-refractivity contribution is 6.34. The van der Waals surface area contributed by atoms with Crippen molar-refractivity contribution in [3.8, 4) is 12.3 Å². The standard InChI is InChI=1S/C32H42ClN3O4/c1-10-22(6)36(30(38)26(19-20(3)4)34-31(39)40-32(7,8)9)28(24-17-13-12-16-23(24)11-2)29(37)35-27-21(5)15-14-18-25(27)33/h2,12-18,20,22,26,28H,10,19H2,1,3-9H3,(H,34,39)(H,35,37). The van der Waals surface area contributed by atoms with Crippen molar-refractivity contribution in [3.63, 3.8) is 0 Å². The number of alkyl carbamates (subject to hydrolysis) is 1. The molecule has 3 unspecified atom stereocenters. The van der Waals surface area contributed by atoms with Crippen LogP contribution < -0.4 is 10.6 Å². The topological polar surface area (TPSA) is 87.7 Å². The van der Waals surface area contributed by atoms with Gasteiger partial charge in [-0.15, -0.1) is 6.42 Å². The molecular weight excluding hydrogens is 526 g/mol. The summed E-state index contributed by atoms with van der Waals surface area (Å²) in [5, 5.41) is 6.09. The summed E-state index contributed by atoms with van der Waals surface area (Å²) in [7, 11) is 0. The van der Waals surface area contributed by atoms with Crippen molar-refractivity contribution in [1.82, 2.24) is 10.2 Å². The minimum absolute atomic E-state index is 0.0683. The van der Waals surface area contributed by atoms with Crippen LogP contribution in [0.1, 0.15) is 84.0 Å². The van der Waals surface area contributed by atoms with Gasteiger partial charge in [0.2, 0.25) is 5.91 Å². The van der Waals surface area contributed by atoms with Gasteiger partial charge in [-0.25, -0.2) is 4.79 Å². The number of hydrogen-bond donors (Lipinski definition) is 2. The molecule has 0 aliphatic heterocycles. The van der Waals surface area contributed by atoms with Crippen LogP contribution in [0.5, 0.6) is 0 Å². The zero-order valence-electron chi connectivity index (χ0n) is 24.8. The van der Waals surface area contributed by atoms with Crippen molar-refractivity contribution in [1.29, 1.82) is 0 Å². The average Bonchev–Trinajstić information content (AvgIpc) is 2.86. The van der Waals surface area contributed by atoms with Gasteiger partial charge in [0.15, 0.2) is 0 Å². The Hall–Kier alpha value is -3.50. The van der Waals surface area contributed by atoms with Gasteiger partial charge in [-0.05, 0) is 76.6 Å². The molecule has 0 saturated heterocycles. The lowest BCUT2D eigenvalue weighted by atomic mass is 9.94. The molecule has 40 heavy (non-hydrogen) atoms. The number of nitrogens with zero attached hydrogens (tertiary/aromatic N) is 1. The van der Waals surface area contributed by atoms with Gasteiger partial charge in [-0.2, -0.15) is 0 Å². The molecule has 0 saturated carbocycles. The first-order valence-corrected chi connectivity index (χ1v) is 14.0. The predicted molar refractivity (Wildman–Crippen MR) is 161 cm³/mol. The van der Waals surface area contributed by atoms with Crippen molar-refractivity contribution in [2.24, 2.45) is 5.92 Å². The van der Waals surface area contributed by atoms with E-state index in [0.717, 1.165) is 5.56 Å². The molecule has 0 bridgehead atoms. The summed E-state index contributed by atoms with van der Waals surface area (Å²) in [5.74, 6) is 1.85. The maximum Gasteiger partial charge on any atom is 0.408 e. The summed E-state index contributed by atoms with van der Waals surface area (Å²) in [6, 6.07) is 9.97. The third-order valence-corrected chi connectivity index (χ3v) is 6.74. The number of para-hydroxylation sites is 1. The molecule has 2 aromatic carbocycles. The second kappa shape index (κ2) is 14.2. The fraction of sp³-hybridized carbons (Fsp3) is 0.469. The van der Waals surface area contributed by atoms with Gasteiger partial charge >= 0.3 is 6.09 Å². The molecule has 0 radical (unpaired) electrons. The predicted octanol–water partition coefficient (Wildman–Crippen LogP) is 6.88. The zero-order valence-corrected chi connectivity index (χ0v) is 25.6. The first kappa shape index (κ1) is 32.7. The van der Waals surface area contributed by atoms with Crippen molar-refractivity contribution >= 4 is 35.2 Å². The Kier molecular flexibility index (Phi) is 11.6. The summed E-state index contributed by atoms with van der Waals surface area (Å²) in [4.78, 5) is 42.9. The van der Waals surface area contributed by atoms with Crippen LogP contribution in [0.3, 0.4) is 0 Å².